The lowest BCUT2D eigenvalue weighted by Gasteiger charge is -2.41. The molecule has 2 bridgehead atoms. The Bertz CT molecular complexity index is 1280. The topological polar surface area (TPSA) is 96.4 Å². The third kappa shape index (κ3) is 4.25. The molecule has 2 aromatic rings. The summed E-state index contributed by atoms with van der Waals surface area (Å²) in [6.45, 7) is 9.71. The smallest absolute Gasteiger partial charge is 0.312 e. The van der Waals surface area contributed by atoms with E-state index < -0.39 is 41.6 Å². The van der Waals surface area contributed by atoms with Crippen molar-refractivity contribution < 1.29 is 29.0 Å². The van der Waals surface area contributed by atoms with Gasteiger partial charge in [-0.05, 0) is 48.6 Å². The van der Waals surface area contributed by atoms with Crippen LogP contribution in [0.4, 0.5) is 5.69 Å². The predicted molar refractivity (Wildman–Crippen MR) is 148 cm³/mol. The number of fused-ring (bicyclic) bond motifs is 2. The van der Waals surface area contributed by atoms with Gasteiger partial charge in [-0.25, -0.2) is 0 Å². The van der Waals surface area contributed by atoms with Gasteiger partial charge in [0.05, 0.1) is 37.2 Å². The number of hydrogen-bond donors (Lipinski definition) is 1. The van der Waals surface area contributed by atoms with Crippen molar-refractivity contribution >= 4 is 34.2 Å². The number of rotatable bonds is 10. The number of aliphatic hydroxyl groups is 1. The lowest BCUT2D eigenvalue weighted by Crippen LogP contribution is -2.60. The van der Waals surface area contributed by atoms with E-state index >= 15 is 0 Å². The Morgan fingerprint density at radius 2 is 2.00 bits per heavy atom. The number of anilines is 1. The first kappa shape index (κ1) is 27.3. The first-order chi connectivity index (χ1) is 18.8. The van der Waals surface area contributed by atoms with Gasteiger partial charge >= 0.3 is 5.97 Å². The number of likely N-dealkylation sites (tertiary alicyclic amines) is 1. The molecule has 3 aliphatic heterocycles. The van der Waals surface area contributed by atoms with Gasteiger partial charge in [0.1, 0.15) is 11.6 Å². The summed E-state index contributed by atoms with van der Waals surface area (Å²) in [4.78, 5) is 45.2. The highest BCUT2D eigenvalue weighted by Gasteiger charge is 2.75. The number of ether oxygens (including phenoxy) is 2. The molecule has 8 heteroatoms. The van der Waals surface area contributed by atoms with Crippen molar-refractivity contribution in [2.75, 3.05) is 24.7 Å². The van der Waals surface area contributed by atoms with Crippen LogP contribution in [0.1, 0.15) is 40.0 Å². The summed E-state index contributed by atoms with van der Waals surface area (Å²) in [6, 6.07) is 12.2. The van der Waals surface area contributed by atoms with Crippen LogP contribution < -0.4 is 4.90 Å². The fourth-order valence-electron chi connectivity index (χ4n) is 6.99. The van der Waals surface area contributed by atoms with Crippen molar-refractivity contribution in [3.05, 3.63) is 55.1 Å². The zero-order chi connectivity index (χ0) is 27.9. The van der Waals surface area contributed by atoms with Crippen LogP contribution in [0.15, 0.2) is 55.1 Å². The molecule has 8 nitrogen and oxygen atoms in total. The van der Waals surface area contributed by atoms with Crippen LogP contribution in [0.3, 0.4) is 0 Å². The SMILES string of the molecule is C=CCN(C(=O)C1N([C@@H](CO)[C@@H](C)CC)C(=O)[C@@H]2[C@H](C(=O)OCC)[C@@H]3CCC12O3)c1ccc2ccccc2c1. The highest BCUT2D eigenvalue weighted by Crippen LogP contribution is 2.59. The number of esters is 1. The van der Waals surface area contributed by atoms with Crippen molar-refractivity contribution in [2.24, 2.45) is 17.8 Å². The van der Waals surface area contributed by atoms with Crippen LogP contribution in [-0.4, -0.2) is 71.3 Å². The van der Waals surface area contributed by atoms with Crippen LogP contribution in [-0.2, 0) is 23.9 Å². The van der Waals surface area contributed by atoms with Gasteiger partial charge in [-0.15, -0.1) is 6.58 Å². The summed E-state index contributed by atoms with van der Waals surface area (Å²) in [6.07, 6.45) is 2.94. The van der Waals surface area contributed by atoms with E-state index in [9.17, 15) is 19.5 Å². The summed E-state index contributed by atoms with van der Waals surface area (Å²) in [5, 5.41) is 12.5. The lowest BCUT2D eigenvalue weighted by molar-refractivity contribution is -0.155. The van der Waals surface area contributed by atoms with E-state index in [1.807, 2.05) is 56.3 Å². The maximum Gasteiger partial charge on any atom is 0.312 e. The normalized spacial score (nSPS) is 28.8. The molecule has 3 aliphatic rings. The molecule has 2 unspecified atom stereocenters. The van der Waals surface area contributed by atoms with Gasteiger partial charge in [-0.2, -0.15) is 0 Å². The van der Waals surface area contributed by atoms with Gasteiger partial charge in [-0.3, -0.25) is 14.4 Å². The van der Waals surface area contributed by atoms with E-state index in [1.165, 1.54) is 0 Å². The minimum atomic E-state index is -1.16. The fraction of sp³-hybridized carbons (Fsp3) is 0.516. The second kappa shape index (κ2) is 10.7. The van der Waals surface area contributed by atoms with E-state index in [4.69, 9.17) is 9.47 Å². The number of benzene rings is 2. The Hall–Kier alpha value is -3.23. The Morgan fingerprint density at radius 3 is 2.67 bits per heavy atom. The Kier molecular flexibility index (Phi) is 7.53. The number of hydrogen-bond acceptors (Lipinski definition) is 6. The summed E-state index contributed by atoms with van der Waals surface area (Å²) < 4.78 is 11.9. The average Bonchev–Trinajstić information content (AvgIpc) is 3.59. The molecule has 208 valence electrons. The summed E-state index contributed by atoms with van der Waals surface area (Å²) in [7, 11) is 0. The number of nitrogens with zero attached hydrogens (tertiary/aromatic N) is 2. The average molecular weight is 535 g/mol. The Balaban J connectivity index is 1.62. The third-order valence-corrected chi connectivity index (χ3v) is 9.00. The maximum atomic E-state index is 14.7. The van der Waals surface area contributed by atoms with E-state index in [2.05, 4.69) is 6.58 Å². The molecule has 1 N–H and O–H groups in total. The molecule has 1 spiro atoms. The molecule has 5 rings (SSSR count). The second-order valence-electron chi connectivity index (χ2n) is 11.0. The molecule has 2 amide bonds. The van der Waals surface area contributed by atoms with E-state index in [0.29, 0.717) is 24.9 Å². The standard InChI is InChI=1S/C31H38N2O6/c1-5-16-32(22-13-12-20-10-8-9-11-21(20)17-22)29(36)27-31-15-14-24(39-31)25(30(37)38-7-3)26(31)28(35)33(27)23(18-34)19(4)6-2/h5,8-13,17,19,23-27,34H,1,6-7,14-16,18H2,2-4H3/t19-,23-,24-,25+,26-,27?,31?/m0/s1. The van der Waals surface area contributed by atoms with E-state index in [1.54, 1.807) is 22.8 Å². The van der Waals surface area contributed by atoms with Gasteiger partial charge in [0.25, 0.3) is 5.91 Å². The van der Waals surface area contributed by atoms with Crippen molar-refractivity contribution in [2.45, 2.75) is 63.8 Å². The van der Waals surface area contributed by atoms with Crippen molar-refractivity contribution in [1.82, 2.24) is 4.90 Å². The molecule has 3 saturated heterocycles. The van der Waals surface area contributed by atoms with Crippen molar-refractivity contribution in [1.29, 1.82) is 0 Å². The van der Waals surface area contributed by atoms with Crippen LogP contribution in [0.2, 0.25) is 0 Å². The van der Waals surface area contributed by atoms with E-state index in [-0.39, 0.29) is 37.5 Å². The maximum absolute atomic E-state index is 14.7. The number of amides is 2. The first-order valence-corrected chi connectivity index (χ1v) is 14.0. The molecule has 0 aromatic heterocycles. The van der Waals surface area contributed by atoms with Crippen molar-refractivity contribution in [3.8, 4) is 0 Å². The van der Waals surface area contributed by atoms with Crippen LogP contribution in [0.25, 0.3) is 10.8 Å². The monoisotopic (exact) mass is 534 g/mol. The van der Waals surface area contributed by atoms with Gasteiger partial charge in [-0.1, -0.05) is 56.7 Å². The molecule has 39 heavy (non-hydrogen) atoms. The van der Waals surface area contributed by atoms with Crippen molar-refractivity contribution in [3.63, 3.8) is 0 Å². The van der Waals surface area contributed by atoms with Gasteiger partial charge in [0.2, 0.25) is 5.91 Å². The first-order valence-electron chi connectivity index (χ1n) is 14.0. The Labute approximate surface area is 229 Å². The largest absolute Gasteiger partial charge is 0.466 e. The summed E-state index contributed by atoms with van der Waals surface area (Å²) in [5.41, 5.74) is -0.475. The zero-order valence-corrected chi connectivity index (χ0v) is 22.9. The molecule has 0 saturated carbocycles. The van der Waals surface area contributed by atoms with Crippen LogP contribution in [0.5, 0.6) is 0 Å². The molecule has 3 fully saturated rings. The molecule has 0 aliphatic carbocycles. The van der Waals surface area contributed by atoms with Crippen LogP contribution >= 0.6 is 0 Å². The quantitative estimate of drug-likeness (QED) is 0.369. The fourth-order valence-corrected chi connectivity index (χ4v) is 6.99. The van der Waals surface area contributed by atoms with Gasteiger partial charge in [0.15, 0.2) is 0 Å². The molecule has 7 atom stereocenters. The number of aliphatic hydroxyl groups excluding tert-OH is 1. The minimum absolute atomic E-state index is 0.0729. The van der Waals surface area contributed by atoms with Crippen LogP contribution in [0, 0.1) is 17.8 Å². The third-order valence-electron chi connectivity index (χ3n) is 9.00. The number of carbonyl (C=O) groups excluding carboxylic acids is 3. The molecule has 0 radical (unpaired) electrons. The molecular formula is C31H38N2O6. The van der Waals surface area contributed by atoms with Gasteiger partial charge in [0, 0.05) is 12.2 Å². The molecular weight excluding hydrogens is 496 g/mol. The second-order valence-corrected chi connectivity index (χ2v) is 11.0. The predicted octanol–water partition coefficient (Wildman–Crippen LogP) is 3.70. The highest BCUT2D eigenvalue weighted by molar-refractivity contribution is 6.05. The molecule has 2 aromatic carbocycles. The number of carbonyl (C=O) groups is 3. The van der Waals surface area contributed by atoms with Gasteiger partial charge < -0.3 is 24.4 Å². The summed E-state index contributed by atoms with van der Waals surface area (Å²) >= 11 is 0. The summed E-state index contributed by atoms with van der Waals surface area (Å²) in [5.74, 6) is -2.74. The molecule has 3 heterocycles. The zero-order valence-electron chi connectivity index (χ0n) is 22.9. The minimum Gasteiger partial charge on any atom is -0.466 e. The highest BCUT2D eigenvalue weighted by atomic mass is 16.6. The van der Waals surface area contributed by atoms with E-state index in [0.717, 1.165) is 10.8 Å². The Morgan fingerprint density at radius 1 is 1.26 bits per heavy atom. The lowest BCUT2D eigenvalue weighted by atomic mass is 9.70.